The molecule has 4 heterocycles. The Morgan fingerprint density at radius 2 is 1.84 bits per heavy atom. The van der Waals surface area contributed by atoms with E-state index < -0.39 is 27.6 Å². The fourth-order valence-electron chi connectivity index (χ4n) is 5.60. The zero-order valence-electron chi connectivity index (χ0n) is 24.5. The summed E-state index contributed by atoms with van der Waals surface area (Å²) in [7, 11) is -0.996. The molecular weight excluding hydrogens is 604 g/mol. The summed E-state index contributed by atoms with van der Waals surface area (Å²) in [4.78, 5) is 22.5. The van der Waals surface area contributed by atoms with Gasteiger partial charge in [0.05, 0.1) is 40.5 Å². The molecule has 0 unspecified atom stereocenters. The van der Waals surface area contributed by atoms with E-state index in [-0.39, 0.29) is 46.3 Å². The van der Waals surface area contributed by atoms with Crippen LogP contribution >= 0.6 is 0 Å². The number of halogens is 2. The predicted octanol–water partition coefficient (Wildman–Crippen LogP) is 5.87. The van der Waals surface area contributed by atoms with E-state index in [1.165, 1.54) is 44.6 Å². The Balaban J connectivity index is 1.50. The number of aryl methyl sites for hydroxylation is 1. The van der Waals surface area contributed by atoms with Crippen molar-refractivity contribution in [3.05, 3.63) is 83.6 Å². The highest BCUT2D eigenvalue weighted by molar-refractivity contribution is 7.92. The molecule has 3 aromatic heterocycles. The van der Waals surface area contributed by atoms with Crippen molar-refractivity contribution in [3.63, 3.8) is 0 Å². The highest BCUT2D eigenvalue weighted by Gasteiger charge is 2.29. The topological polar surface area (TPSA) is 120 Å². The third kappa shape index (κ3) is 4.49. The van der Waals surface area contributed by atoms with E-state index in [4.69, 9.17) is 14.1 Å². The van der Waals surface area contributed by atoms with Crippen LogP contribution in [0.4, 0.5) is 14.5 Å². The third-order valence-electron chi connectivity index (χ3n) is 7.95. The van der Waals surface area contributed by atoms with Crippen LogP contribution in [0.5, 0.6) is 5.75 Å². The Kier molecular flexibility index (Phi) is 6.41. The molecule has 1 N–H and O–H groups in total. The minimum atomic E-state index is -3.80. The van der Waals surface area contributed by atoms with Gasteiger partial charge in [0.2, 0.25) is 10.0 Å². The van der Waals surface area contributed by atoms with Crippen LogP contribution < -0.4 is 14.4 Å². The van der Waals surface area contributed by atoms with Gasteiger partial charge in [-0.3, -0.25) is 9.10 Å². The number of benzene rings is 3. The van der Waals surface area contributed by atoms with E-state index in [0.717, 1.165) is 10.6 Å². The van der Waals surface area contributed by atoms with Crippen LogP contribution in [-0.2, 0) is 16.8 Å². The van der Waals surface area contributed by atoms with Gasteiger partial charge in [0.15, 0.2) is 24.1 Å². The lowest BCUT2D eigenvalue weighted by atomic mass is 10.0. The Morgan fingerprint density at radius 1 is 1.04 bits per heavy atom. The highest BCUT2D eigenvalue weighted by Crippen LogP contribution is 2.43. The van der Waals surface area contributed by atoms with Crippen molar-refractivity contribution in [2.45, 2.75) is 13.7 Å². The average Bonchev–Trinajstić information content (AvgIpc) is 3.58. The first kappa shape index (κ1) is 28.5. The molecule has 6 aromatic rings. The number of fused-ring (bicyclic) bond motifs is 6. The number of carbonyl (C=O) groups is 1. The van der Waals surface area contributed by atoms with Crippen molar-refractivity contribution >= 4 is 43.5 Å². The monoisotopic (exact) mass is 629 g/mol. The first-order valence-electron chi connectivity index (χ1n) is 13.8. The average molecular weight is 630 g/mol. The maximum Gasteiger partial charge on any atom is 0.255 e. The Morgan fingerprint density at radius 3 is 2.58 bits per heavy atom. The summed E-state index contributed by atoms with van der Waals surface area (Å²) >= 11 is 0. The van der Waals surface area contributed by atoms with Gasteiger partial charge in [-0.25, -0.2) is 27.2 Å². The van der Waals surface area contributed by atoms with E-state index in [9.17, 15) is 17.6 Å². The zero-order valence-corrected chi connectivity index (χ0v) is 25.3. The van der Waals surface area contributed by atoms with Gasteiger partial charge in [-0.1, -0.05) is 12.1 Å². The second kappa shape index (κ2) is 10.1. The molecule has 3 aromatic carbocycles. The van der Waals surface area contributed by atoms with Gasteiger partial charge in [-0.2, -0.15) is 0 Å². The smallest absolute Gasteiger partial charge is 0.255 e. The van der Waals surface area contributed by atoms with E-state index in [2.05, 4.69) is 10.3 Å². The van der Waals surface area contributed by atoms with Gasteiger partial charge in [-0.05, 0) is 48.9 Å². The van der Waals surface area contributed by atoms with Crippen molar-refractivity contribution in [2.24, 2.45) is 0 Å². The van der Waals surface area contributed by atoms with Crippen LogP contribution in [0.2, 0.25) is 0 Å². The summed E-state index contributed by atoms with van der Waals surface area (Å²) in [6.45, 7) is 1.86. The van der Waals surface area contributed by atoms with Crippen molar-refractivity contribution in [1.29, 1.82) is 0 Å². The number of sulfonamides is 1. The number of rotatable bonds is 5. The summed E-state index contributed by atoms with van der Waals surface area (Å²) in [5, 5.41) is 3.27. The molecule has 1 aliphatic rings. The molecular formula is C32H25F2N5O5S. The minimum Gasteiger partial charge on any atom is -0.469 e. The zero-order chi connectivity index (χ0) is 31.8. The van der Waals surface area contributed by atoms with Gasteiger partial charge in [0, 0.05) is 36.5 Å². The number of anilines is 1. The van der Waals surface area contributed by atoms with E-state index in [1.54, 1.807) is 41.8 Å². The molecule has 228 valence electrons. The van der Waals surface area contributed by atoms with Crippen molar-refractivity contribution < 1.29 is 31.1 Å². The van der Waals surface area contributed by atoms with Crippen LogP contribution in [-0.4, -0.2) is 49.2 Å². The first-order chi connectivity index (χ1) is 21.5. The number of hydrogen-bond acceptors (Lipinski definition) is 7. The molecule has 0 fully saturated rings. The van der Waals surface area contributed by atoms with E-state index >= 15 is 4.39 Å². The number of nitrogens with zero attached hydrogens (tertiary/aromatic N) is 4. The van der Waals surface area contributed by atoms with Gasteiger partial charge < -0.3 is 19.0 Å². The number of amides is 1. The molecule has 0 saturated heterocycles. The summed E-state index contributed by atoms with van der Waals surface area (Å²) in [5.74, 6) is -1.06. The second-order valence-corrected chi connectivity index (χ2v) is 12.8. The molecule has 1 aliphatic heterocycles. The van der Waals surface area contributed by atoms with Crippen LogP contribution in [0.3, 0.4) is 0 Å². The SMILES string of the molecule is CNC(=O)c1c(-c2ccc(C)cc2F)oc2cc(N(C)S(C)(=O)=O)c(-c3ncc4c(n3)-c3cc5c(F)cccc5n3CO4)cc12. The molecule has 0 atom stereocenters. The fourth-order valence-corrected chi connectivity index (χ4v) is 6.11. The molecule has 7 rings (SSSR count). The summed E-state index contributed by atoms with van der Waals surface area (Å²) < 4.78 is 70.2. The summed E-state index contributed by atoms with van der Waals surface area (Å²) in [6.07, 6.45) is 2.51. The van der Waals surface area contributed by atoms with Crippen molar-refractivity contribution in [2.75, 3.05) is 24.7 Å². The quantitative estimate of drug-likeness (QED) is 0.253. The predicted molar refractivity (Wildman–Crippen MR) is 166 cm³/mol. The molecule has 0 aliphatic carbocycles. The number of furan rings is 1. The molecule has 1 amide bonds. The summed E-state index contributed by atoms with van der Waals surface area (Å²) in [6, 6.07) is 14.0. The van der Waals surface area contributed by atoms with Crippen LogP contribution in [0.25, 0.3) is 56.0 Å². The maximum absolute atomic E-state index is 15.2. The lowest BCUT2D eigenvalue weighted by Crippen LogP contribution is -2.25. The molecule has 10 nitrogen and oxygen atoms in total. The molecule has 0 saturated carbocycles. The largest absolute Gasteiger partial charge is 0.469 e. The highest BCUT2D eigenvalue weighted by atomic mass is 32.2. The Labute approximate surface area is 255 Å². The number of nitrogens with one attached hydrogen (secondary N) is 1. The van der Waals surface area contributed by atoms with Gasteiger partial charge in [0.25, 0.3) is 5.91 Å². The van der Waals surface area contributed by atoms with Crippen molar-refractivity contribution in [3.8, 4) is 39.8 Å². The number of carbonyl (C=O) groups excluding carboxylic acids is 1. The lowest BCUT2D eigenvalue weighted by Gasteiger charge is -2.22. The van der Waals surface area contributed by atoms with Gasteiger partial charge in [0.1, 0.15) is 22.9 Å². The molecule has 0 bridgehead atoms. The molecule has 0 spiro atoms. The van der Waals surface area contributed by atoms with Crippen LogP contribution in [0, 0.1) is 18.6 Å². The van der Waals surface area contributed by atoms with Crippen LogP contribution in [0.1, 0.15) is 15.9 Å². The standard InChI is InChI=1S/C32H25F2N5O5S/c1-16-8-9-17(22(34)10-16)30-28(32(40)35-2)20-11-19(24(13-26(20)44-30)38(3)45(4,41)42)31-36-14-27-29(37-31)25-12-18-21(33)6-5-7-23(18)39(25)15-43-27/h5-14H,15H2,1-4H3,(H,35,40). The number of aromatic nitrogens is 3. The molecule has 13 heteroatoms. The summed E-state index contributed by atoms with van der Waals surface area (Å²) in [5.41, 5.74) is 2.94. The lowest BCUT2D eigenvalue weighted by molar-refractivity contribution is 0.0964. The number of hydrogen-bond donors (Lipinski definition) is 1. The van der Waals surface area contributed by atoms with Gasteiger partial charge >= 0.3 is 0 Å². The van der Waals surface area contributed by atoms with E-state index in [0.29, 0.717) is 39.0 Å². The van der Waals surface area contributed by atoms with Crippen molar-refractivity contribution in [1.82, 2.24) is 19.9 Å². The second-order valence-electron chi connectivity index (χ2n) is 10.8. The Bertz CT molecular complexity index is 2330. The maximum atomic E-state index is 15.2. The fraction of sp³-hybridized carbons (Fsp3) is 0.156. The first-order valence-corrected chi connectivity index (χ1v) is 15.6. The normalized spacial score (nSPS) is 12.6. The van der Waals surface area contributed by atoms with E-state index in [1.807, 2.05) is 0 Å². The third-order valence-corrected chi connectivity index (χ3v) is 9.14. The Hall–Kier alpha value is -5.30. The number of ether oxygens (including phenoxy) is 1. The van der Waals surface area contributed by atoms with Crippen LogP contribution in [0.15, 0.2) is 65.2 Å². The minimum absolute atomic E-state index is 0.0155. The molecule has 0 radical (unpaired) electrons. The van der Waals surface area contributed by atoms with Gasteiger partial charge in [-0.15, -0.1) is 0 Å². The molecule has 45 heavy (non-hydrogen) atoms.